The molecule has 3 rings (SSSR count). The Labute approximate surface area is 178 Å². The Balaban J connectivity index is 1.74. The van der Waals surface area contributed by atoms with Gasteiger partial charge in [0.15, 0.2) is 11.5 Å². The van der Waals surface area contributed by atoms with Crippen molar-refractivity contribution in [2.24, 2.45) is 5.10 Å². The highest BCUT2D eigenvalue weighted by Gasteiger charge is 2.11. The Kier molecular flexibility index (Phi) is 7.11. The van der Waals surface area contributed by atoms with Crippen LogP contribution in [-0.2, 0) is 6.61 Å². The lowest BCUT2D eigenvalue weighted by atomic mass is 10.2. The number of benzene rings is 3. The first-order valence-corrected chi connectivity index (χ1v) is 9.46. The van der Waals surface area contributed by atoms with Gasteiger partial charge in [0.25, 0.3) is 5.91 Å². The number of rotatable bonds is 7. The number of amides is 1. The highest BCUT2D eigenvalue weighted by molar-refractivity contribution is 6.31. The number of hydrazone groups is 1. The number of nitrogens with zero attached hydrogens (tertiary/aromatic N) is 1. The van der Waals surface area contributed by atoms with Gasteiger partial charge in [0, 0.05) is 26.7 Å². The molecule has 0 aromatic heterocycles. The van der Waals surface area contributed by atoms with E-state index in [9.17, 15) is 4.79 Å². The lowest BCUT2D eigenvalue weighted by Crippen LogP contribution is -2.17. The third kappa shape index (κ3) is 5.50. The molecule has 0 atom stereocenters. The Hall–Kier alpha value is -3.02. The topological polar surface area (TPSA) is 59.9 Å². The van der Waals surface area contributed by atoms with Crippen LogP contribution in [0, 0.1) is 0 Å². The van der Waals surface area contributed by atoms with Crippen LogP contribution in [-0.4, -0.2) is 19.2 Å². The van der Waals surface area contributed by atoms with Gasteiger partial charge in [-0.15, -0.1) is 0 Å². The molecule has 0 fully saturated rings. The molecule has 1 N–H and O–H groups in total. The van der Waals surface area contributed by atoms with Gasteiger partial charge in [-0.2, -0.15) is 5.10 Å². The van der Waals surface area contributed by atoms with Gasteiger partial charge in [0.2, 0.25) is 0 Å². The Morgan fingerprint density at radius 1 is 1.03 bits per heavy atom. The zero-order valence-electron chi connectivity index (χ0n) is 15.6. The van der Waals surface area contributed by atoms with Crippen molar-refractivity contribution in [3.8, 4) is 11.5 Å². The molecule has 1 amide bonds. The lowest BCUT2D eigenvalue weighted by molar-refractivity contribution is 0.0955. The van der Waals surface area contributed by atoms with Crippen molar-refractivity contribution in [1.29, 1.82) is 0 Å². The Morgan fingerprint density at radius 2 is 1.79 bits per heavy atom. The molecule has 0 aliphatic heterocycles. The van der Waals surface area contributed by atoms with Crippen molar-refractivity contribution in [3.05, 3.63) is 93.5 Å². The van der Waals surface area contributed by atoms with Crippen molar-refractivity contribution >= 4 is 35.3 Å². The van der Waals surface area contributed by atoms with Gasteiger partial charge < -0.3 is 9.47 Å². The maximum absolute atomic E-state index is 12.2. The van der Waals surface area contributed by atoms with Gasteiger partial charge in [-0.25, -0.2) is 5.43 Å². The first-order chi connectivity index (χ1) is 14.1. The van der Waals surface area contributed by atoms with Crippen molar-refractivity contribution in [2.75, 3.05) is 7.11 Å². The van der Waals surface area contributed by atoms with E-state index in [0.29, 0.717) is 32.7 Å². The number of ether oxygens (including phenoxy) is 2. The zero-order valence-corrected chi connectivity index (χ0v) is 17.1. The number of nitrogens with one attached hydrogen (secondary N) is 1. The van der Waals surface area contributed by atoms with Crippen LogP contribution in [0.5, 0.6) is 11.5 Å². The summed E-state index contributed by atoms with van der Waals surface area (Å²) >= 11 is 12.0. The number of para-hydroxylation sites is 1. The third-order valence-corrected chi connectivity index (χ3v) is 4.66. The molecule has 0 spiro atoms. The highest BCUT2D eigenvalue weighted by Crippen LogP contribution is 2.31. The number of carbonyl (C=O) groups excluding carboxylic acids is 1. The zero-order chi connectivity index (χ0) is 20.6. The molecule has 0 aliphatic carbocycles. The number of halogens is 2. The van der Waals surface area contributed by atoms with Crippen molar-refractivity contribution in [2.45, 2.75) is 6.61 Å². The molecule has 0 bridgehead atoms. The standard InChI is InChI=1S/C22H18Cl2N2O3/c1-28-20-8-4-6-16(21(20)29-14-17-5-2-3-7-19(17)24)13-25-26-22(27)15-9-11-18(23)12-10-15/h2-13H,14H2,1H3,(H,26,27)/b25-13-. The second-order valence-electron chi connectivity index (χ2n) is 5.96. The summed E-state index contributed by atoms with van der Waals surface area (Å²) in [7, 11) is 1.56. The van der Waals surface area contributed by atoms with Crippen LogP contribution in [0.15, 0.2) is 71.8 Å². The summed E-state index contributed by atoms with van der Waals surface area (Å²) < 4.78 is 11.3. The van der Waals surface area contributed by atoms with E-state index in [-0.39, 0.29) is 12.5 Å². The first kappa shape index (κ1) is 20.7. The molecule has 0 unspecified atom stereocenters. The number of hydrogen-bond donors (Lipinski definition) is 1. The lowest BCUT2D eigenvalue weighted by Gasteiger charge is -2.13. The van der Waals surface area contributed by atoms with Crippen LogP contribution >= 0.6 is 23.2 Å². The molecule has 0 saturated heterocycles. The minimum Gasteiger partial charge on any atom is -0.493 e. The predicted octanol–water partition coefficient (Wildman–Crippen LogP) is 5.34. The quantitative estimate of drug-likeness (QED) is 0.407. The van der Waals surface area contributed by atoms with E-state index in [0.717, 1.165) is 5.56 Å². The molecular formula is C22H18Cl2N2O3. The van der Waals surface area contributed by atoms with E-state index < -0.39 is 0 Å². The first-order valence-electron chi connectivity index (χ1n) is 8.70. The molecule has 29 heavy (non-hydrogen) atoms. The fraction of sp³-hybridized carbons (Fsp3) is 0.0909. The van der Waals surface area contributed by atoms with Crippen molar-refractivity contribution in [3.63, 3.8) is 0 Å². The van der Waals surface area contributed by atoms with E-state index in [1.165, 1.54) is 6.21 Å². The Bertz CT molecular complexity index is 1020. The number of hydrogen-bond acceptors (Lipinski definition) is 4. The fourth-order valence-electron chi connectivity index (χ4n) is 2.54. The van der Waals surface area contributed by atoms with Crippen molar-refractivity contribution < 1.29 is 14.3 Å². The van der Waals surface area contributed by atoms with Crippen LogP contribution < -0.4 is 14.9 Å². The van der Waals surface area contributed by atoms with E-state index >= 15 is 0 Å². The molecule has 0 aliphatic rings. The van der Waals surface area contributed by atoms with E-state index in [1.54, 1.807) is 43.5 Å². The van der Waals surface area contributed by atoms with Crippen LogP contribution in [0.2, 0.25) is 10.0 Å². The molecule has 148 valence electrons. The summed E-state index contributed by atoms with van der Waals surface area (Å²) in [6, 6.07) is 19.4. The summed E-state index contributed by atoms with van der Waals surface area (Å²) in [6.45, 7) is 0.262. The van der Waals surface area contributed by atoms with Gasteiger partial charge in [0.1, 0.15) is 6.61 Å². The molecular weight excluding hydrogens is 411 g/mol. The fourth-order valence-corrected chi connectivity index (χ4v) is 2.86. The van der Waals surface area contributed by atoms with Gasteiger partial charge in [0.05, 0.1) is 13.3 Å². The van der Waals surface area contributed by atoms with Crippen LogP contribution in [0.25, 0.3) is 0 Å². The summed E-state index contributed by atoms with van der Waals surface area (Å²) in [5.41, 5.74) is 4.43. The highest BCUT2D eigenvalue weighted by atomic mass is 35.5. The molecule has 7 heteroatoms. The van der Waals surface area contributed by atoms with E-state index in [1.807, 2.05) is 30.3 Å². The molecule has 5 nitrogen and oxygen atoms in total. The monoisotopic (exact) mass is 428 g/mol. The van der Waals surface area contributed by atoms with Gasteiger partial charge >= 0.3 is 0 Å². The second kappa shape index (κ2) is 9.96. The SMILES string of the molecule is COc1cccc(/C=N\NC(=O)c2ccc(Cl)cc2)c1OCc1ccccc1Cl. The minimum absolute atomic E-state index is 0.262. The largest absolute Gasteiger partial charge is 0.493 e. The molecule has 0 heterocycles. The average molecular weight is 429 g/mol. The molecule has 3 aromatic carbocycles. The molecule has 0 saturated carbocycles. The average Bonchev–Trinajstić information content (AvgIpc) is 2.74. The molecule has 3 aromatic rings. The van der Waals surface area contributed by atoms with Crippen molar-refractivity contribution in [1.82, 2.24) is 5.43 Å². The number of methoxy groups -OCH3 is 1. The van der Waals surface area contributed by atoms with Crippen LogP contribution in [0.3, 0.4) is 0 Å². The van der Waals surface area contributed by atoms with Gasteiger partial charge in [-0.05, 0) is 42.5 Å². The Morgan fingerprint density at radius 3 is 2.52 bits per heavy atom. The van der Waals surface area contributed by atoms with E-state index in [4.69, 9.17) is 32.7 Å². The third-order valence-electron chi connectivity index (χ3n) is 4.04. The molecule has 0 radical (unpaired) electrons. The maximum Gasteiger partial charge on any atom is 0.271 e. The van der Waals surface area contributed by atoms with Gasteiger partial charge in [-0.1, -0.05) is 47.5 Å². The summed E-state index contributed by atoms with van der Waals surface area (Å²) in [5.74, 6) is 0.698. The van der Waals surface area contributed by atoms with E-state index in [2.05, 4.69) is 10.5 Å². The van der Waals surface area contributed by atoms with Gasteiger partial charge in [-0.3, -0.25) is 4.79 Å². The normalized spacial score (nSPS) is 10.7. The number of carbonyl (C=O) groups is 1. The van der Waals surface area contributed by atoms with Crippen LogP contribution in [0.1, 0.15) is 21.5 Å². The summed E-state index contributed by atoms with van der Waals surface area (Å²) in [4.78, 5) is 12.2. The summed E-state index contributed by atoms with van der Waals surface area (Å²) in [6.07, 6.45) is 1.50. The minimum atomic E-state index is -0.348. The second-order valence-corrected chi connectivity index (χ2v) is 6.81. The predicted molar refractivity (Wildman–Crippen MR) is 115 cm³/mol. The van der Waals surface area contributed by atoms with Crippen LogP contribution in [0.4, 0.5) is 0 Å². The maximum atomic E-state index is 12.2. The summed E-state index contributed by atoms with van der Waals surface area (Å²) in [5, 5.41) is 5.21. The smallest absolute Gasteiger partial charge is 0.271 e.